The first kappa shape index (κ1) is 21.7. The lowest BCUT2D eigenvalue weighted by molar-refractivity contribution is 0.305. The molecule has 1 saturated carbocycles. The van der Waals surface area contributed by atoms with Gasteiger partial charge in [0.1, 0.15) is 11.3 Å². The Balaban J connectivity index is 1.44. The summed E-state index contributed by atoms with van der Waals surface area (Å²) in [5.41, 5.74) is 1.82. The fourth-order valence-electron chi connectivity index (χ4n) is 4.40. The molecule has 0 aliphatic heterocycles. The summed E-state index contributed by atoms with van der Waals surface area (Å²) in [4.78, 5) is 0. The minimum Gasteiger partial charge on any atom is -0.508 e. The van der Waals surface area contributed by atoms with E-state index in [1.807, 2.05) is 18.2 Å². The molecule has 0 saturated heterocycles. The van der Waals surface area contributed by atoms with Gasteiger partial charge >= 0.3 is 0 Å². The highest BCUT2D eigenvalue weighted by Crippen LogP contribution is 2.29. The molecule has 1 aliphatic carbocycles. The highest BCUT2D eigenvalue weighted by atomic mass is 32.2. The molecule has 0 amide bonds. The number of hydrogen-bond acceptors (Lipinski definition) is 5. The number of benzene rings is 2. The molecule has 1 aromatic heterocycles. The highest BCUT2D eigenvalue weighted by molar-refractivity contribution is 7.92. The van der Waals surface area contributed by atoms with E-state index in [-0.39, 0.29) is 10.8 Å². The SMILES string of the molecule is CC(CC1CCCCC1)NCc1ccccc1NS(=O)(=O)c1cc2cc(O)ccc2o1. The number of hydrogen-bond donors (Lipinski definition) is 3. The third-order valence-corrected chi connectivity index (χ3v) is 7.28. The predicted molar refractivity (Wildman–Crippen MR) is 123 cm³/mol. The van der Waals surface area contributed by atoms with Crippen LogP contribution in [0.25, 0.3) is 11.0 Å². The minimum absolute atomic E-state index is 0.0592. The highest BCUT2D eigenvalue weighted by Gasteiger charge is 2.21. The summed E-state index contributed by atoms with van der Waals surface area (Å²) < 4.78 is 34.0. The van der Waals surface area contributed by atoms with Crippen molar-refractivity contribution in [2.75, 3.05) is 4.72 Å². The second-order valence-corrected chi connectivity index (χ2v) is 10.2. The van der Waals surface area contributed by atoms with E-state index in [1.165, 1.54) is 50.3 Å². The quantitative estimate of drug-likeness (QED) is 0.435. The molecule has 1 atom stereocenters. The van der Waals surface area contributed by atoms with Crippen LogP contribution in [0.4, 0.5) is 5.69 Å². The lowest BCUT2D eigenvalue weighted by Gasteiger charge is -2.25. The van der Waals surface area contributed by atoms with E-state index < -0.39 is 10.0 Å². The summed E-state index contributed by atoms with van der Waals surface area (Å²) in [6.45, 7) is 2.78. The standard InChI is InChI=1S/C24H30N2O4S/c1-17(13-18-7-3-2-4-8-18)25-16-19-9-5-6-10-22(19)26-31(28,29)24-15-20-14-21(27)11-12-23(20)30-24/h5-6,9-12,14-15,17-18,25-27H,2-4,7-8,13,16H2,1H3. The van der Waals surface area contributed by atoms with Gasteiger partial charge in [-0.3, -0.25) is 4.72 Å². The van der Waals surface area contributed by atoms with Crippen LogP contribution in [0.15, 0.2) is 58.0 Å². The van der Waals surface area contributed by atoms with Crippen molar-refractivity contribution in [2.45, 2.75) is 63.1 Å². The van der Waals surface area contributed by atoms with Crippen molar-refractivity contribution in [2.24, 2.45) is 5.92 Å². The largest absolute Gasteiger partial charge is 0.508 e. The van der Waals surface area contributed by atoms with Gasteiger partial charge < -0.3 is 14.8 Å². The van der Waals surface area contributed by atoms with Crippen LogP contribution < -0.4 is 10.0 Å². The van der Waals surface area contributed by atoms with Crippen LogP contribution in [0.2, 0.25) is 0 Å². The van der Waals surface area contributed by atoms with E-state index >= 15 is 0 Å². The van der Waals surface area contributed by atoms with E-state index in [1.54, 1.807) is 12.1 Å². The number of nitrogens with one attached hydrogen (secondary N) is 2. The predicted octanol–water partition coefficient (Wildman–Crippen LogP) is 5.39. The zero-order chi connectivity index (χ0) is 21.8. The Bertz CT molecular complexity index is 1130. The number of fused-ring (bicyclic) bond motifs is 1. The Hall–Kier alpha value is -2.51. The Morgan fingerprint density at radius 1 is 1.10 bits per heavy atom. The Kier molecular flexibility index (Phi) is 6.53. The molecule has 3 N–H and O–H groups in total. The molecule has 1 heterocycles. The van der Waals surface area contributed by atoms with Gasteiger partial charge in [-0.1, -0.05) is 50.3 Å². The average Bonchev–Trinajstić information content (AvgIpc) is 3.18. The van der Waals surface area contributed by atoms with Gasteiger partial charge in [-0.15, -0.1) is 0 Å². The van der Waals surface area contributed by atoms with Crippen LogP contribution in [0.5, 0.6) is 5.75 Å². The van der Waals surface area contributed by atoms with Crippen molar-refractivity contribution in [3.05, 3.63) is 54.1 Å². The van der Waals surface area contributed by atoms with Crippen molar-refractivity contribution in [3.63, 3.8) is 0 Å². The smallest absolute Gasteiger partial charge is 0.295 e. The molecule has 0 spiro atoms. The first-order valence-corrected chi connectivity index (χ1v) is 12.5. The van der Waals surface area contributed by atoms with Gasteiger partial charge in [-0.05, 0) is 49.1 Å². The van der Waals surface area contributed by atoms with Crippen LogP contribution in [0.3, 0.4) is 0 Å². The maximum atomic E-state index is 12.9. The molecule has 4 rings (SSSR count). The third kappa shape index (κ3) is 5.40. The first-order chi connectivity index (χ1) is 14.9. The molecule has 7 heteroatoms. The maximum Gasteiger partial charge on any atom is 0.295 e. The fourth-order valence-corrected chi connectivity index (χ4v) is 5.47. The van der Waals surface area contributed by atoms with Crippen LogP contribution in [0, 0.1) is 5.92 Å². The van der Waals surface area contributed by atoms with Crippen molar-refractivity contribution in [3.8, 4) is 5.75 Å². The summed E-state index contributed by atoms with van der Waals surface area (Å²) in [5, 5.41) is 13.5. The Morgan fingerprint density at radius 3 is 2.68 bits per heavy atom. The van der Waals surface area contributed by atoms with Crippen molar-refractivity contribution >= 4 is 26.7 Å². The lowest BCUT2D eigenvalue weighted by Crippen LogP contribution is -2.29. The Labute approximate surface area is 183 Å². The molecule has 1 aliphatic rings. The number of rotatable bonds is 8. The van der Waals surface area contributed by atoms with Crippen molar-refractivity contribution in [1.29, 1.82) is 0 Å². The molecule has 2 aromatic carbocycles. The number of furan rings is 1. The van der Waals surface area contributed by atoms with Gasteiger partial charge in [-0.2, -0.15) is 8.42 Å². The van der Waals surface area contributed by atoms with E-state index in [0.717, 1.165) is 17.9 Å². The number of sulfonamides is 1. The van der Waals surface area contributed by atoms with Gasteiger partial charge in [0.25, 0.3) is 10.0 Å². The third-order valence-electron chi connectivity index (χ3n) is 6.06. The van der Waals surface area contributed by atoms with Crippen LogP contribution in [-0.2, 0) is 16.6 Å². The molecule has 166 valence electrons. The molecule has 0 bridgehead atoms. The molecule has 6 nitrogen and oxygen atoms in total. The molecule has 3 aromatic rings. The first-order valence-electron chi connectivity index (χ1n) is 11.0. The van der Waals surface area contributed by atoms with E-state index in [0.29, 0.717) is 29.2 Å². The van der Waals surface area contributed by atoms with Gasteiger partial charge in [0.15, 0.2) is 0 Å². The number of aromatic hydroxyl groups is 1. The summed E-state index contributed by atoms with van der Waals surface area (Å²) in [6.07, 6.45) is 7.82. The average molecular weight is 443 g/mol. The lowest BCUT2D eigenvalue weighted by atomic mass is 9.85. The topological polar surface area (TPSA) is 91.6 Å². The summed E-state index contributed by atoms with van der Waals surface area (Å²) >= 11 is 0. The number of phenolic OH excluding ortho intramolecular Hbond substituents is 1. The number of phenols is 1. The molecular weight excluding hydrogens is 412 g/mol. The molecule has 31 heavy (non-hydrogen) atoms. The van der Waals surface area contributed by atoms with E-state index in [4.69, 9.17) is 4.42 Å². The Morgan fingerprint density at radius 2 is 1.87 bits per heavy atom. The van der Waals surface area contributed by atoms with Gasteiger partial charge in [-0.25, -0.2) is 0 Å². The van der Waals surface area contributed by atoms with Crippen LogP contribution >= 0.6 is 0 Å². The molecular formula is C24H30N2O4S. The molecule has 0 radical (unpaired) electrons. The second kappa shape index (κ2) is 9.32. The summed E-state index contributed by atoms with van der Waals surface area (Å²) in [6, 6.07) is 13.7. The van der Waals surface area contributed by atoms with Crippen molar-refractivity contribution in [1.82, 2.24) is 5.32 Å². The van der Waals surface area contributed by atoms with Gasteiger partial charge in [0.05, 0.1) is 5.69 Å². The van der Waals surface area contributed by atoms with Crippen LogP contribution in [0.1, 0.15) is 51.0 Å². The molecule has 1 fully saturated rings. The normalized spacial score (nSPS) is 16.4. The van der Waals surface area contributed by atoms with Gasteiger partial charge in [0.2, 0.25) is 5.09 Å². The zero-order valence-corrected chi connectivity index (χ0v) is 18.6. The van der Waals surface area contributed by atoms with E-state index in [9.17, 15) is 13.5 Å². The zero-order valence-electron chi connectivity index (χ0n) is 17.8. The molecule has 1 unspecified atom stereocenters. The van der Waals surface area contributed by atoms with Gasteiger partial charge in [0, 0.05) is 24.0 Å². The maximum absolute atomic E-state index is 12.9. The monoisotopic (exact) mass is 442 g/mol. The summed E-state index contributed by atoms with van der Waals surface area (Å²) in [7, 11) is -3.90. The van der Waals surface area contributed by atoms with E-state index in [2.05, 4.69) is 17.0 Å². The minimum atomic E-state index is -3.90. The fraction of sp³-hybridized carbons (Fsp3) is 0.417. The number of para-hydroxylation sites is 1. The van der Waals surface area contributed by atoms with Crippen molar-refractivity contribution < 1.29 is 17.9 Å². The second-order valence-electron chi connectivity index (χ2n) is 8.57. The summed E-state index contributed by atoms with van der Waals surface area (Å²) in [5.74, 6) is 0.849. The van der Waals surface area contributed by atoms with Crippen LogP contribution in [-0.4, -0.2) is 19.6 Å². The number of anilines is 1.